The van der Waals surface area contributed by atoms with Crippen molar-refractivity contribution in [3.05, 3.63) is 39.4 Å². The molecule has 3 nitrogen and oxygen atoms in total. The Kier molecular flexibility index (Phi) is 3.41. The zero-order chi connectivity index (χ0) is 11.5. The first-order valence-corrected chi connectivity index (χ1v) is 6.17. The summed E-state index contributed by atoms with van der Waals surface area (Å²) in [4.78, 5) is 3.67. The minimum absolute atomic E-state index is 0.828. The highest BCUT2D eigenvalue weighted by atomic mass is 32.1. The van der Waals surface area contributed by atoms with Gasteiger partial charge in [0.05, 0.1) is 5.69 Å². The lowest BCUT2D eigenvalue weighted by Crippen LogP contribution is -2.17. The summed E-state index contributed by atoms with van der Waals surface area (Å²) in [5.74, 6) is 0.871. The van der Waals surface area contributed by atoms with Gasteiger partial charge in [-0.15, -0.1) is 11.3 Å². The first-order chi connectivity index (χ1) is 7.65. The molecule has 0 fully saturated rings. The number of rotatable bonds is 4. The van der Waals surface area contributed by atoms with Gasteiger partial charge in [0, 0.05) is 24.0 Å². The highest BCUT2D eigenvalue weighted by Gasteiger charge is 2.07. The van der Waals surface area contributed by atoms with E-state index in [-0.39, 0.29) is 0 Å². The maximum atomic E-state index is 5.05. The molecule has 0 N–H and O–H groups in total. The van der Waals surface area contributed by atoms with Crippen molar-refractivity contribution in [2.75, 3.05) is 7.05 Å². The quantitative estimate of drug-likeness (QED) is 0.817. The van der Waals surface area contributed by atoms with Crippen LogP contribution < -0.4 is 0 Å². The van der Waals surface area contributed by atoms with Crippen molar-refractivity contribution in [1.82, 2.24) is 10.1 Å². The molecule has 0 aliphatic heterocycles. The van der Waals surface area contributed by atoms with Crippen molar-refractivity contribution in [3.8, 4) is 0 Å². The van der Waals surface area contributed by atoms with Gasteiger partial charge in [0.15, 0.2) is 0 Å². The van der Waals surface area contributed by atoms with Crippen LogP contribution in [0.1, 0.15) is 21.9 Å². The molecule has 0 aromatic carbocycles. The third-order valence-corrected chi connectivity index (χ3v) is 3.50. The average molecular weight is 236 g/mol. The Morgan fingerprint density at radius 3 is 2.75 bits per heavy atom. The summed E-state index contributed by atoms with van der Waals surface area (Å²) < 4.78 is 5.05. The highest BCUT2D eigenvalue weighted by molar-refractivity contribution is 7.10. The van der Waals surface area contributed by atoms with E-state index in [2.05, 4.69) is 35.5 Å². The molecule has 0 saturated carbocycles. The van der Waals surface area contributed by atoms with Crippen molar-refractivity contribution in [2.45, 2.75) is 26.9 Å². The molecule has 4 heteroatoms. The standard InChI is InChI=1S/C12H16N2OS/c1-9-4-5-16-12(9)8-14(3)7-11-6-10(2)15-13-11/h4-6H,7-8H2,1-3H3. The van der Waals surface area contributed by atoms with E-state index in [9.17, 15) is 0 Å². The number of nitrogens with zero attached hydrogens (tertiary/aromatic N) is 2. The molecule has 0 amide bonds. The summed E-state index contributed by atoms with van der Waals surface area (Å²) in [7, 11) is 2.10. The zero-order valence-corrected chi connectivity index (χ0v) is 10.7. The fraction of sp³-hybridized carbons (Fsp3) is 0.417. The summed E-state index contributed by atoms with van der Waals surface area (Å²) in [5.41, 5.74) is 2.36. The summed E-state index contributed by atoms with van der Waals surface area (Å²) >= 11 is 1.81. The van der Waals surface area contributed by atoms with E-state index in [4.69, 9.17) is 4.52 Å². The second-order valence-corrected chi connectivity index (χ2v) is 5.13. The predicted octanol–water partition coefficient (Wildman–Crippen LogP) is 2.98. The Bertz CT molecular complexity index is 461. The molecular formula is C12H16N2OS. The molecule has 0 radical (unpaired) electrons. The smallest absolute Gasteiger partial charge is 0.133 e. The second kappa shape index (κ2) is 4.80. The molecule has 0 spiro atoms. The summed E-state index contributed by atoms with van der Waals surface area (Å²) in [6.07, 6.45) is 0. The van der Waals surface area contributed by atoms with Crippen LogP contribution in [-0.2, 0) is 13.1 Å². The van der Waals surface area contributed by atoms with Crippen LogP contribution in [-0.4, -0.2) is 17.1 Å². The Morgan fingerprint density at radius 2 is 2.19 bits per heavy atom. The van der Waals surface area contributed by atoms with Crippen LogP contribution in [0.3, 0.4) is 0 Å². The number of hydrogen-bond donors (Lipinski definition) is 0. The van der Waals surface area contributed by atoms with Crippen LogP contribution >= 0.6 is 11.3 Å². The molecule has 0 saturated heterocycles. The van der Waals surface area contributed by atoms with Gasteiger partial charge in [-0.2, -0.15) is 0 Å². The lowest BCUT2D eigenvalue weighted by Gasteiger charge is -2.14. The third kappa shape index (κ3) is 2.71. The molecule has 2 aromatic rings. The van der Waals surface area contributed by atoms with E-state index in [0.29, 0.717) is 0 Å². The Morgan fingerprint density at radius 1 is 1.38 bits per heavy atom. The van der Waals surface area contributed by atoms with Crippen molar-refractivity contribution in [2.24, 2.45) is 0 Å². The van der Waals surface area contributed by atoms with Crippen molar-refractivity contribution in [3.63, 3.8) is 0 Å². The summed E-state index contributed by atoms with van der Waals surface area (Å²) in [6.45, 7) is 5.87. The fourth-order valence-corrected chi connectivity index (χ4v) is 2.62. The van der Waals surface area contributed by atoms with E-state index < -0.39 is 0 Å². The molecule has 2 aromatic heterocycles. The Hall–Kier alpha value is -1.13. The molecule has 0 aliphatic rings. The molecule has 0 aliphatic carbocycles. The maximum absolute atomic E-state index is 5.05. The third-order valence-electron chi connectivity index (χ3n) is 2.49. The van der Waals surface area contributed by atoms with Crippen molar-refractivity contribution >= 4 is 11.3 Å². The number of hydrogen-bond acceptors (Lipinski definition) is 4. The molecule has 0 atom stereocenters. The van der Waals surface area contributed by atoms with Gasteiger partial charge in [0.25, 0.3) is 0 Å². The average Bonchev–Trinajstić information content (AvgIpc) is 2.77. The van der Waals surface area contributed by atoms with Crippen LogP contribution in [0, 0.1) is 13.8 Å². The zero-order valence-electron chi connectivity index (χ0n) is 9.86. The molecule has 2 heterocycles. The summed E-state index contributed by atoms with van der Waals surface area (Å²) in [5, 5.41) is 6.13. The molecule has 0 unspecified atom stereocenters. The lowest BCUT2D eigenvalue weighted by atomic mass is 10.3. The maximum Gasteiger partial charge on any atom is 0.133 e. The van der Waals surface area contributed by atoms with Crippen molar-refractivity contribution < 1.29 is 4.52 Å². The number of thiophene rings is 1. The molecular weight excluding hydrogens is 220 g/mol. The van der Waals surface area contributed by atoms with Crippen LogP contribution in [0.5, 0.6) is 0 Å². The van der Waals surface area contributed by atoms with Gasteiger partial charge in [-0.05, 0) is 37.9 Å². The topological polar surface area (TPSA) is 29.3 Å². The van der Waals surface area contributed by atoms with Gasteiger partial charge >= 0.3 is 0 Å². The minimum Gasteiger partial charge on any atom is -0.361 e. The Labute approximate surface area is 99.7 Å². The van der Waals surface area contributed by atoms with E-state index in [1.54, 1.807) is 0 Å². The number of aryl methyl sites for hydroxylation is 2. The Balaban J connectivity index is 1.94. The van der Waals surface area contributed by atoms with E-state index in [1.165, 1.54) is 10.4 Å². The van der Waals surface area contributed by atoms with Crippen molar-refractivity contribution in [1.29, 1.82) is 0 Å². The highest BCUT2D eigenvalue weighted by Crippen LogP contribution is 2.18. The monoisotopic (exact) mass is 236 g/mol. The van der Waals surface area contributed by atoms with Gasteiger partial charge < -0.3 is 4.52 Å². The fourth-order valence-electron chi connectivity index (χ4n) is 1.64. The molecule has 0 bridgehead atoms. The second-order valence-electron chi connectivity index (χ2n) is 4.13. The molecule has 86 valence electrons. The van der Waals surface area contributed by atoms with E-state index >= 15 is 0 Å². The SMILES string of the molecule is Cc1cc(CN(C)Cc2sccc2C)no1. The normalized spacial score (nSPS) is 11.2. The van der Waals surface area contributed by atoms with Crippen LogP contribution in [0.2, 0.25) is 0 Å². The van der Waals surface area contributed by atoms with Gasteiger partial charge in [0.2, 0.25) is 0 Å². The van der Waals surface area contributed by atoms with Crippen LogP contribution in [0.15, 0.2) is 22.0 Å². The first-order valence-electron chi connectivity index (χ1n) is 5.29. The van der Waals surface area contributed by atoms with Gasteiger partial charge in [-0.25, -0.2) is 0 Å². The van der Waals surface area contributed by atoms with E-state index in [1.807, 2.05) is 24.3 Å². The largest absolute Gasteiger partial charge is 0.361 e. The molecule has 2 rings (SSSR count). The first kappa shape index (κ1) is 11.4. The van der Waals surface area contributed by atoms with Crippen LogP contribution in [0.25, 0.3) is 0 Å². The number of aromatic nitrogens is 1. The van der Waals surface area contributed by atoms with Crippen LogP contribution in [0.4, 0.5) is 0 Å². The minimum atomic E-state index is 0.828. The van der Waals surface area contributed by atoms with Gasteiger partial charge in [-0.3, -0.25) is 4.90 Å². The van der Waals surface area contributed by atoms with Gasteiger partial charge in [-0.1, -0.05) is 5.16 Å². The summed E-state index contributed by atoms with van der Waals surface area (Å²) in [6, 6.07) is 4.14. The lowest BCUT2D eigenvalue weighted by molar-refractivity contribution is 0.304. The molecule has 16 heavy (non-hydrogen) atoms. The van der Waals surface area contributed by atoms with Gasteiger partial charge in [0.1, 0.15) is 5.76 Å². The van der Waals surface area contributed by atoms with E-state index in [0.717, 1.165) is 24.5 Å². The predicted molar refractivity (Wildman–Crippen MR) is 65.5 cm³/mol.